The van der Waals surface area contributed by atoms with Gasteiger partial charge in [0, 0.05) is 10.0 Å². The molecular formula is C7H6FIO2. The first kappa shape index (κ1) is 8.70. The Bertz CT molecular complexity index is 247. The molecule has 0 spiro atoms. The minimum absolute atomic E-state index is 0.0723. The molecule has 2 nitrogen and oxygen atoms in total. The number of halogens is 2. The molecule has 1 aliphatic carbocycles. The summed E-state index contributed by atoms with van der Waals surface area (Å²) >= 11 is 1.70. The summed E-state index contributed by atoms with van der Waals surface area (Å²) in [5.41, 5.74) is -2.19. The van der Waals surface area contributed by atoms with Crippen molar-refractivity contribution in [1.82, 2.24) is 0 Å². The van der Waals surface area contributed by atoms with Gasteiger partial charge in [-0.25, -0.2) is 9.18 Å². The summed E-state index contributed by atoms with van der Waals surface area (Å²) in [6.07, 6.45) is 4.56. The van der Waals surface area contributed by atoms with Gasteiger partial charge in [-0.1, -0.05) is 12.2 Å². The second-order valence-electron chi connectivity index (χ2n) is 2.25. The van der Waals surface area contributed by atoms with Crippen LogP contribution >= 0.6 is 22.6 Å². The summed E-state index contributed by atoms with van der Waals surface area (Å²) < 4.78 is 13.6. The highest BCUT2D eigenvalue weighted by Gasteiger charge is 2.41. The first-order valence-corrected chi connectivity index (χ1v) is 4.10. The highest BCUT2D eigenvalue weighted by molar-refractivity contribution is 14.1. The number of allylic oxidation sites excluding steroid dienone is 3. The predicted octanol–water partition coefficient (Wildman–Crippen LogP) is 2.06. The van der Waals surface area contributed by atoms with E-state index >= 15 is 0 Å². The third kappa shape index (κ3) is 1.45. The number of aliphatic carboxylic acids is 1. The second-order valence-corrected chi connectivity index (χ2v) is 3.42. The Labute approximate surface area is 76.9 Å². The molecule has 1 unspecified atom stereocenters. The quantitative estimate of drug-likeness (QED) is 0.739. The molecule has 1 aliphatic rings. The third-order valence-electron chi connectivity index (χ3n) is 1.50. The van der Waals surface area contributed by atoms with E-state index in [0.29, 0.717) is 0 Å². The van der Waals surface area contributed by atoms with Gasteiger partial charge in [-0.2, -0.15) is 0 Å². The topological polar surface area (TPSA) is 37.3 Å². The number of carboxylic acids is 1. The zero-order valence-corrected chi connectivity index (χ0v) is 7.71. The highest BCUT2D eigenvalue weighted by Crippen LogP contribution is 2.34. The van der Waals surface area contributed by atoms with Gasteiger partial charge in [0.05, 0.1) is 0 Å². The molecule has 0 bridgehead atoms. The lowest BCUT2D eigenvalue weighted by Gasteiger charge is -2.20. The van der Waals surface area contributed by atoms with Crippen molar-refractivity contribution < 1.29 is 14.3 Å². The van der Waals surface area contributed by atoms with Crippen molar-refractivity contribution >= 4 is 28.6 Å². The van der Waals surface area contributed by atoms with Gasteiger partial charge < -0.3 is 5.11 Å². The Hall–Kier alpha value is -0.390. The molecule has 0 amide bonds. The molecule has 4 heteroatoms. The maximum Gasteiger partial charge on any atom is 0.347 e. The predicted molar refractivity (Wildman–Crippen MR) is 47.3 cm³/mol. The standard InChI is InChI=1S/C7H6FIO2/c8-7(6(10)11)4-2-1-3-5(7)9/h1-3H,4H2,(H,10,11). The number of hydrogen-bond donors (Lipinski definition) is 1. The molecule has 0 aromatic heterocycles. The summed E-state index contributed by atoms with van der Waals surface area (Å²) in [5.74, 6) is -1.41. The molecule has 1 N–H and O–H groups in total. The van der Waals surface area contributed by atoms with E-state index < -0.39 is 11.6 Å². The second kappa shape index (κ2) is 2.92. The number of alkyl halides is 1. The van der Waals surface area contributed by atoms with Gasteiger partial charge in [-0.15, -0.1) is 0 Å². The van der Waals surface area contributed by atoms with Gasteiger partial charge in [0.2, 0.25) is 5.67 Å². The Morgan fingerprint density at radius 2 is 2.45 bits per heavy atom. The molecule has 0 saturated heterocycles. The van der Waals surface area contributed by atoms with E-state index in [9.17, 15) is 9.18 Å². The lowest BCUT2D eigenvalue weighted by Crippen LogP contribution is -2.34. The van der Waals surface area contributed by atoms with Crippen molar-refractivity contribution in [3.8, 4) is 0 Å². The van der Waals surface area contributed by atoms with Crippen LogP contribution in [0.2, 0.25) is 0 Å². The molecule has 1 atom stereocenters. The Kier molecular flexibility index (Phi) is 2.31. The maximum absolute atomic E-state index is 13.4. The summed E-state index contributed by atoms with van der Waals surface area (Å²) in [5, 5.41) is 8.51. The minimum Gasteiger partial charge on any atom is -0.479 e. The zero-order chi connectivity index (χ0) is 8.48. The lowest BCUT2D eigenvalue weighted by molar-refractivity contribution is -0.147. The molecule has 1 rings (SSSR count). The monoisotopic (exact) mass is 268 g/mol. The minimum atomic E-state index is -2.19. The zero-order valence-electron chi connectivity index (χ0n) is 5.55. The maximum atomic E-state index is 13.4. The van der Waals surface area contributed by atoms with Crippen molar-refractivity contribution in [2.75, 3.05) is 0 Å². The van der Waals surface area contributed by atoms with Crippen LogP contribution in [0.4, 0.5) is 4.39 Å². The van der Waals surface area contributed by atoms with Crippen LogP contribution in [0, 0.1) is 0 Å². The van der Waals surface area contributed by atoms with Crippen LogP contribution in [-0.2, 0) is 4.79 Å². The molecule has 11 heavy (non-hydrogen) atoms. The summed E-state index contributed by atoms with van der Waals surface area (Å²) in [6.45, 7) is 0. The average Bonchev–Trinajstić information content (AvgIpc) is 1.95. The van der Waals surface area contributed by atoms with Crippen molar-refractivity contribution in [1.29, 1.82) is 0 Å². The molecule has 0 radical (unpaired) electrons. The van der Waals surface area contributed by atoms with E-state index in [1.165, 1.54) is 12.2 Å². The van der Waals surface area contributed by atoms with Gasteiger partial charge in [0.15, 0.2) is 0 Å². The van der Waals surface area contributed by atoms with Gasteiger partial charge in [0.1, 0.15) is 0 Å². The van der Waals surface area contributed by atoms with Crippen molar-refractivity contribution in [3.05, 3.63) is 21.8 Å². The Morgan fingerprint density at radius 3 is 2.82 bits per heavy atom. The van der Waals surface area contributed by atoms with Gasteiger partial charge in [-0.05, 0) is 28.7 Å². The number of carboxylic acid groups (broad SMARTS) is 1. The van der Waals surface area contributed by atoms with Crippen LogP contribution in [0.5, 0.6) is 0 Å². The van der Waals surface area contributed by atoms with E-state index in [1.54, 1.807) is 28.7 Å². The summed E-state index contributed by atoms with van der Waals surface area (Å²) in [6, 6.07) is 0. The highest BCUT2D eigenvalue weighted by atomic mass is 127. The molecule has 0 aromatic carbocycles. The van der Waals surface area contributed by atoms with Crippen LogP contribution in [0.1, 0.15) is 6.42 Å². The van der Waals surface area contributed by atoms with Crippen LogP contribution in [0.15, 0.2) is 21.8 Å². The van der Waals surface area contributed by atoms with Crippen LogP contribution in [0.25, 0.3) is 0 Å². The van der Waals surface area contributed by atoms with Gasteiger partial charge >= 0.3 is 5.97 Å². The van der Waals surface area contributed by atoms with Crippen LogP contribution in [0.3, 0.4) is 0 Å². The van der Waals surface area contributed by atoms with E-state index in [2.05, 4.69) is 0 Å². The third-order valence-corrected chi connectivity index (χ3v) is 2.71. The summed E-state index contributed by atoms with van der Waals surface area (Å²) in [4.78, 5) is 10.4. The van der Waals surface area contributed by atoms with Crippen LogP contribution < -0.4 is 0 Å². The van der Waals surface area contributed by atoms with Crippen molar-refractivity contribution in [2.24, 2.45) is 0 Å². The molecule has 0 saturated carbocycles. The largest absolute Gasteiger partial charge is 0.479 e. The normalized spacial score (nSPS) is 29.8. The number of rotatable bonds is 1. The van der Waals surface area contributed by atoms with E-state index in [-0.39, 0.29) is 10.0 Å². The van der Waals surface area contributed by atoms with Gasteiger partial charge in [-0.3, -0.25) is 0 Å². The molecule has 0 fully saturated rings. The molecule has 60 valence electrons. The average molecular weight is 268 g/mol. The fourth-order valence-electron chi connectivity index (χ4n) is 0.802. The number of hydrogen-bond acceptors (Lipinski definition) is 1. The van der Waals surface area contributed by atoms with E-state index in [4.69, 9.17) is 5.11 Å². The number of carbonyl (C=O) groups is 1. The van der Waals surface area contributed by atoms with Crippen molar-refractivity contribution in [3.63, 3.8) is 0 Å². The fourth-order valence-corrected chi connectivity index (χ4v) is 1.46. The Morgan fingerprint density at radius 1 is 1.82 bits per heavy atom. The molecule has 0 aliphatic heterocycles. The smallest absolute Gasteiger partial charge is 0.347 e. The molecule has 0 heterocycles. The van der Waals surface area contributed by atoms with Gasteiger partial charge in [0.25, 0.3) is 0 Å². The van der Waals surface area contributed by atoms with E-state index in [0.717, 1.165) is 0 Å². The lowest BCUT2D eigenvalue weighted by atomic mass is 9.98. The van der Waals surface area contributed by atoms with E-state index in [1.807, 2.05) is 0 Å². The summed E-state index contributed by atoms with van der Waals surface area (Å²) in [7, 11) is 0. The first-order valence-electron chi connectivity index (χ1n) is 3.02. The molecular weight excluding hydrogens is 262 g/mol. The molecule has 0 aromatic rings. The SMILES string of the molecule is O=C(O)C1(F)CC=CC=C1I. The first-order chi connectivity index (χ1) is 5.07. The fraction of sp³-hybridized carbons (Fsp3) is 0.286. The van der Waals surface area contributed by atoms with Crippen molar-refractivity contribution in [2.45, 2.75) is 12.1 Å². The Balaban J connectivity index is 2.97. The van der Waals surface area contributed by atoms with Crippen LogP contribution in [-0.4, -0.2) is 16.7 Å².